The summed E-state index contributed by atoms with van der Waals surface area (Å²) in [7, 11) is 0. The van der Waals surface area contributed by atoms with Crippen molar-refractivity contribution in [1.82, 2.24) is 0 Å². The van der Waals surface area contributed by atoms with Crippen LogP contribution in [0.25, 0.3) is 0 Å². The Morgan fingerprint density at radius 1 is 0.628 bits per heavy atom. The Hall–Kier alpha value is -4.15. The summed E-state index contributed by atoms with van der Waals surface area (Å²) < 4.78 is 24.0. The van der Waals surface area contributed by atoms with Crippen molar-refractivity contribution in [2.24, 2.45) is 0 Å². The van der Waals surface area contributed by atoms with Crippen LogP contribution < -0.4 is 0 Å². The fourth-order valence-electron chi connectivity index (χ4n) is 4.47. The topological polar surface area (TPSA) is 108 Å². The molecule has 8 nitrogen and oxygen atoms in total. The molecule has 5 rings (SSSR count). The van der Waals surface area contributed by atoms with E-state index >= 15 is 0 Å². The molecular formula is C33H27ClO8S. The largest absolute Gasteiger partial charge is 0.452 e. The Morgan fingerprint density at radius 3 is 1.49 bits per heavy atom. The standard InChI is InChI=1S/C33H27ClO8S/c34-24-16-18-25(19-17-24)43-33-29(42-32(38)23-14-8-3-9-15-23)28(41-31(37)22-12-6-2-7-13-22)27(26(20-35)39-33)40-30(36)21-10-4-1-5-11-21/h1-19,26-29,33,35H,20H2/t26-,27-,28+,29-,33+/m1/s1. The van der Waals surface area contributed by atoms with E-state index in [1.54, 1.807) is 115 Å². The Bertz CT molecular complexity index is 1520. The van der Waals surface area contributed by atoms with Crippen molar-refractivity contribution >= 4 is 41.3 Å². The summed E-state index contributed by atoms with van der Waals surface area (Å²) in [5, 5.41) is 10.9. The molecule has 0 aliphatic carbocycles. The van der Waals surface area contributed by atoms with Gasteiger partial charge in [-0.25, -0.2) is 14.4 Å². The van der Waals surface area contributed by atoms with Crippen LogP contribution in [0, 0.1) is 0 Å². The van der Waals surface area contributed by atoms with E-state index in [0.717, 1.165) is 0 Å². The smallest absolute Gasteiger partial charge is 0.338 e. The van der Waals surface area contributed by atoms with Crippen LogP contribution in [0.3, 0.4) is 0 Å². The van der Waals surface area contributed by atoms with Crippen LogP contribution in [-0.2, 0) is 18.9 Å². The number of thioether (sulfide) groups is 1. The number of aliphatic hydroxyl groups excluding tert-OH is 1. The maximum absolute atomic E-state index is 13.4. The van der Waals surface area contributed by atoms with E-state index in [1.807, 2.05) is 0 Å². The highest BCUT2D eigenvalue weighted by Gasteiger charge is 2.52. The highest BCUT2D eigenvalue weighted by Crippen LogP contribution is 2.38. The van der Waals surface area contributed by atoms with E-state index < -0.39 is 54.4 Å². The lowest BCUT2D eigenvalue weighted by Crippen LogP contribution is -2.61. The van der Waals surface area contributed by atoms with Crippen molar-refractivity contribution in [1.29, 1.82) is 0 Å². The molecule has 5 atom stereocenters. The number of hydrogen-bond donors (Lipinski definition) is 1. The molecule has 0 radical (unpaired) electrons. The zero-order valence-electron chi connectivity index (χ0n) is 22.7. The molecule has 1 fully saturated rings. The van der Waals surface area contributed by atoms with Crippen molar-refractivity contribution < 1.29 is 38.4 Å². The molecule has 1 aliphatic rings. The molecule has 4 aromatic carbocycles. The Kier molecular flexibility index (Phi) is 10.1. The first kappa shape index (κ1) is 30.3. The number of ether oxygens (including phenoxy) is 4. The predicted molar refractivity (Wildman–Crippen MR) is 160 cm³/mol. The molecule has 0 spiro atoms. The van der Waals surface area contributed by atoms with Gasteiger partial charge < -0.3 is 24.1 Å². The van der Waals surface area contributed by atoms with Crippen molar-refractivity contribution in [2.45, 2.75) is 34.7 Å². The second kappa shape index (κ2) is 14.3. The average Bonchev–Trinajstić information content (AvgIpc) is 3.05. The highest BCUT2D eigenvalue weighted by atomic mass is 35.5. The Morgan fingerprint density at radius 2 is 1.05 bits per heavy atom. The molecule has 10 heteroatoms. The SMILES string of the molecule is O=C(O[C@@H]1[C@@H](OC(=O)c2ccccc2)[C@H](Sc2ccc(Cl)cc2)O[C@H](CO)[C@H]1OC(=O)c1ccccc1)c1ccccc1. The van der Waals surface area contributed by atoms with Gasteiger partial charge in [0.1, 0.15) is 11.5 Å². The van der Waals surface area contributed by atoms with Crippen molar-refractivity contribution in [3.8, 4) is 0 Å². The van der Waals surface area contributed by atoms with Crippen LogP contribution in [0.15, 0.2) is 120 Å². The summed E-state index contributed by atoms with van der Waals surface area (Å²) >= 11 is 7.25. The summed E-state index contributed by atoms with van der Waals surface area (Å²) in [5.74, 6) is -2.17. The Balaban J connectivity index is 1.54. The minimum Gasteiger partial charge on any atom is -0.452 e. The van der Waals surface area contributed by atoms with Crippen molar-refractivity contribution in [2.75, 3.05) is 6.61 Å². The van der Waals surface area contributed by atoms with E-state index in [-0.39, 0.29) is 16.7 Å². The third kappa shape index (κ3) is 7.63. The molecule has 0 unspecified atom stereocenters. The molecule has 1 aliphatic heterocycles. The maximum Gasteiger partial charge on any atom is 0.338 e. The average molecular weight is 619 g/mol. The van der Waals surface area contributed by atoms with Crippen LogP contribution >= 0.6 is 23.4 Å². The minimum absolute atomic E-state index is 0.234. The number of carbonyl (C=O) groups excluding carboxylic acids is 3. The first-order chi connectivity index (χ1) is 20.9. The van der Waals surface area contributed by atoms with Crippen molar-refractivity contribution in [3.63, 3.8) is 0 Å². The first-order valence-corrected chi connectivity index (χ1v) is 14.7. The summed E-state index contributed by atoms with van der Waals surface area (Å²) in [6.07, 6.45) is -5.08. The van der Waals surface area contributed by atoms with Crippen LogP contribution in [0.1, 0.15) is 31.1 Å². The second-order valence-corrected chi connectivity index (χ2v) is 11.1. The van der Waals surface area contributed by atoms with Gasteiger partial charge in [-0.1, -0.05) is 78.0 Å². The number of aliphatic hydroxyl groups is 1. The van der Waals surface area contributed by atoms with E-state index in [9.17, 15) is 19.5 Å². The molecule has 0 aromatic heterocycles. The monoisotopic (exact) mass is 618 g/mol. The molecule has 4 aromatic rings. The number of benzene rings is 4. The number of rotatable bonds is 9. The molecule has 1 saturated heterocycles. The van der Waals surface area contributed by atoms with Crippen LogP contribution in [-0.4, -0.2) is 59.5 Å². The van der Waals surface area contributed by atoms with Crippen LogP contribution in [0.4, 0.5) is 0 Å². The van der Waals surface area contributed by atoms with Crippen LogP contribution in [0.5, 0.6) is 0 Å². The van der Waals surface area contributed by atoms with Crippen LogP contribution in [0.2, 0.25) is 5.02 Å². The van der Waals surface area contributed by atoms with E-state index in [0.29, 0.717) is 9.92 Å². The van der Waals surface area contributed by atoms with E-state index in [1.165, 1.54) is 11.8 Å². The zero-order chi connectivity index (χ0) is 30.2. The number of carbonyl (C=O) groups is 3. The summed E-state index contributed by atoms with van der Waals surface area (Å²) in [5.41, 5.74) is -0.250. The normalized spacial score (nSPS) is 21.4. The lowest BCUT2D eigenvalue weighted by atomic mass is 9.98. The lowest BCUT2D eigenvalue weighted by Gasteiger charge is -2.44. The highest BCUT2D eigenvalue weighted by molar-refractivity contribution is 7.99. The Labute approximate surface area is 257 Å². The molecular weight excluding hydrogens is 592 g/mol. The van der Waals surface area contributed by atoms with Gasteiger partial charge in [-0.2, -0.15) is 0 Å². The molecule has 1 N–H and O–H groups in total. The van der Waals surface area contributed by atoms with Gasteiger partial charge in [0.2, 0.25) is 0 Å². The zero-order valence-corrected chi connectivity index (χ0v) is 24.2. The molecule has 1 heterocycles. The van der Waals surface area contributed by atoms with E-state index in [2.05, 4.69) is 0 Å². The lowest BCUT2D eigenvalue weighted by molar-refractivity contribution is -0.207. The van der Waals surface area contributed by atoms with E-state index in [4.69, 9.17) is 30.5 Å². The summed E-state index contributed by atoms with van der Waals surface area (Å²) in [6.45, 7) is -0.580. The maximum atomic E-state index is 13.4. The number of halogens is 1. The van der Waals surface area contributed by atoms with Gasteiger partial charge in [0, 0.05) is 9.92 Å². The molecule has 0 bridgehead atoms. The summed E-state index contributed by atoms with van der Waals surface area (Å²) in [6, 6.07) is 31.7. The van der Waals surface area contributed by atoms with Gasteiger partial charge in [-0.3, -0.25) is 0 Å². The molecule has 0 saturated carbocycles. The fraction of sp³-hybridized carbons (Fsp3) is 0.182. The van der Waals surface area contributed by atoms with Gasteiger partial charge in [0.25, 0.3) is 0 Å². The van der Waals surface area contributed by atoms with Gasteiger partial charge in [0.15, 0.2) is 18.3 Å². The minimum atomic E-state index is -1.36. The van der Waals surface area contributed by atoms with Gasteiger partial charge in [0.05, 0.1) is 23.3 Å². The number of hydrogen-bond acceptors (Lipinski definition) is 9. The predicted octanol–water partition coefficient (Wildman–Crippen LogP) is 5.83. The summed E-state index contributed by atoms with van der Waals surface area (Å²) in [4.78, 5) is 40.7. The van der Waals surface area contributed by atoms with Gasteiger partial charge in [-0.15, -0.1) is 0 Å². The molecule has 43 heavy (non-hydrogen) atoms. The fourth-order valence-corrected chi connectivity index (χ4v) is 5.70. The molecule has 0 amide bonds. The third-order valence-corrected chi connectivity index (χ3v) is 8.00. The quantitative estimate of drug-likeness (QED) is 0.183. The van der Waals surface area contributed by atoms with Gasteiger partial charge in [-0.05, 0) is 60.7 Å². The first-order valence-electron chi connectivity index (χ1n) is 13.4. The third-order valence-electron chi connectivity index (χ3n) is 6.59. The second-order valence-electron chi connectivity index (χ2n) is 9.51. The molecule has 220 valence electrons. The van der Waals surface area contributed by atoms with Gasteiger partial charge >= 0.3 is 17.9 Å². The van der Waals surface area contributed by atoms with Crippen molar-refractivity contribution in [3.05, 3.63) is 137 Å². The number of esters is 3.